The molecule has 0 aliphatic heterocycles. The molecule has 7 rings (SSSR count). The predicted octanol–water partition coefficient (Wildman–Crippen LogP) is 8.63. The van der Waals surface area contributed by atoms with Crippen molar-refractivity contribution in [2.75, 3.05) is 36.9 Å². The third-order valence-electron chi connectivity index (χ3n) is 10.4. The molecule has 10 nitrogen and oxygen atoms in total. The summed E-state index contributed by atoms with van der Waals surface area (Å²) in [7, 11) is 0. The first-order valence-corrected chi connectivity index (χ1v) is 19.3. The average Bonchev–Trinajstić information content (AvgIpc) is 3.62. The Morgan fingerprint density at radius 2 is 0.983 bits per heavy atom. The minimum absolute atomic E-state index is 0.0848. The van der Waals surface area contributed by atoms with Gasteiger partial charge in [0.1, 0.15) is 17.8 Å². The van der Waals surface area contributed by atoms with Crippen LogP contribution in [0, 0.1) is 6.92 Å². The lowest BCUT2D eigenvalue weighted by molar-refractivity contribution is 0.140. The van der Waals surface area contributed by atoms with E-state index in [4.69, 9.17) is 15.6 Å². The second-order valence-corrected chi connectivity index (χ2v) is 13.9. The van der Waals surface area contributed by atoms with Crippen LogP contribution in [0.5, 0.6) is 0 Å². The first kappa shape index (κ1) is 39.1. The first-order valence-electron chi connectivity index (χ1n) is 19.3. The summed E-state index contributed by atoms with van der Waals surface area (Å²) in [4.78, 5) is 27.7. The van der Waals surface area contributed by atoms with E-state index in [1.54, 1.807) is 4.90 Å². The fraction of sp³-hybridized carbons (Fsp3) is 0.146. The number of primary amides is 1. The molecule has 10 heteroatoms. The fourth-order valence-electron chi connectivity index (χ4n) is 7.64. The fourth-order valence-corrected chi connectivity index (χ4v) is 7.64. The highest BCUT2D eigenvalue weighted by atomic mass is 16.5. The summed E-state index contributed by atoms with van der Waals surface area (Å²) in [5.41, 5.74) is 10.9. The Labute approximate surface area is 339 Å². The van der Waals surface area contributed by atoms with Crippen molar-refractivity contribution in [2.24, 2.45) is 5.73 Å². The molecular formula is C48H47N7O3. The monoisotopic (exact) mass is 769 g/mol. The molecule has 0 saturated heterocycles. The van der Waals surface area contributed by atoms with Crippen LogP contribution >= 0.6 is 0 Å². The lowest BCUT2D eigenvalue weighted by atomic mass is 9.77. The largest absolute Gasteiger partial charge is 0.448 e. The summed E-state index contributed by atoms with van der Waals surface area (Å²) >= 11 is 0. The van der Waals surface area contributed by atoms with E-state index >= 15 is 0 Å². The lowest BCUT2D eigenvalue weighted by Crippen LogP contribution is -2.49. The number of urea groups is 1. The van der Waals surface area contributed by atoms with E-state index in [1.807, 2.05) is 116 Å². The van der Waals surface area contributed by atoms with Crippen molar-refractivity contribution >= 4 is 23.6 Å². The number of nitrogens with zero attached hydrogens (tertiary/aromatic N) is 2. The smallest absolute Gasteiger partial charge is 0.404 e. The van der Waals surface area contributed by atoms with Gasteiger partial charge in [-0.2, -0.15) is 5.10 Å². The number of aromatic nitrogens is 2. The molecule has 0 atom stereocenters. The van der Waals surface area contributed by atoms with Crippen molar-refractivity contribution in [3.63, 3.8) is 0 Å². The molecule has 0 bridgehead atoms. The quantitative estimate of drug-likeness (QED) is 0.0625. The normalized spacial score (nSPS) is 11.4. The summed E-state index contributed by atoms with van der Waals surface area (Å²) in [6.07, 6.45) is -0.911. The number of hydrogen-bond donors (Lipinski definition) is 5. The Morgan fingerprint density at radius 3 is 1.36 bits per heavy atom. The molecule has 58 heavy (non-hydrogen) atoms. The number of rotatable bonds is 16. The highest BCUT2D eigenvalue weighted by molar-refractivity contribution is 5.93. The van der Waals surface area contributed by atoms with Gasteiger partial charge in [0.25, 0.3) is 0 Å². The van der Waals surface area contributed by atoms with Gasteiger partial charge in [0.2, 0.25) is 0 Å². The number of aromatic amines is 1. The summed E-state index contributed by atoms with van der Waals surface area (Å²) in [6.45, 7) is 2.49. The van der Waals surface area contributed by atoms with Gasteiger partial charge < -0.3 is 26.0 Å². The van der Waals surface area contributed by atoms with Gasteiger partial charge in [-0.3, -0.25) is 10.4 Å². The molecule has 1 aromatic heterocycles. The number of benzene rings is 6. The molecule has 0 aliphatic rings. The molecule has 6 aromatic carbocycles. The number of ether oxygens (including phenoxy) is 1. The SMILES string of the molecule is Cc1[nH]nc(NC(c2ccccc2)(c2ccccc2)c2ccccc2)c1NC(=O)N(CCNC(c1ccccc1)(c1ccccc1)c1ccccc1)CCOC(N)=O. The summed E-state index contributed by atoms with van der Waals surface area (Å²) in [6, 6.07) is 60.9. The van der Waals surface area contributed by atoms with Gasteiger partial charge in [-0.05, 0) is 40.3 Å². The maximum absolute atomic E-state index is 14.5. The van der Waals surface area contributed by atoms with Crippen molar-refractivity contribution in [1.29, 1.82) is 0 Å². The summed E-state index contributed by atoms with van der Waals surface area (Å²) in [5, 5.41) is 18.6. The summed E-state index contributed by atoms with van der Waals surface area (Å²) < 4.78 is 5.14. The van der Waals surface area contributed by atoms with Crippen LogP contribution in [0.1, 0.15) is 39.1 Å². The third-order valence-corrected chi connectivity index (χ3v) is 10.4. The van der Waals surface area contributed by atoms with Crippen LogP contribution < -0.4 is 21.7 Å². The van der Waals surface area contributed by atoms with Crippen molar-refractivity contribution in [3.8, 4) is 0 Å². The molecule has 7 aromatic rings. The molecule has 0 aliphatic carbocycles. The van der Waals surface area contributed by atoms with E-state index < -0.39 is 23.2 Å². The number of carbonyl (C=O) groups is 2. The number of carbonyl (C=O) groups excluding carboxylic acids is 2. The van der Waals surface area contributed by atoms with E-state index in [1.165, 1.54) is 0 Å². The van der Waals surface area contributed by atoms with E-state index in [0.717, 1.165) is 33.4 Å². The Bertz CT molecular complexity index is 2170. The zero-order valence-electron chi connectivity index (χ0n) is 32.3. The van der Waals surface area contributed by atoms with E-state index in [2.05, 4.69) is 93.8 Å². The van der Waals surface area contributed by atoms with E-state index in [0.29, 0.717) is 23.7 Å². The first-order chi connectivity index (χ1) is 28.4. The van der Waals surface area contributed by atoms with Crippen LogP contribution in [-0.2, 0) is 15.8 Å². The predicted molar refractivity (Wildman–Crippen MR) is 229 cm³/mol. The number of hydrogen-bond acceptors (Lipinski definition) is 6. The standard InChI is InChI=1S/C48H47N7O3/c1-36-43(44(54-53-36)52-48(40-26-14-5-15-27-40,41-28-16-6-17-29-41)42-30-18-7-19-31-42)51-46(57)55(34-35-58-45(49)56)33-32-50-47(37-20-8-2-9-21-37,38-22-10-3-11-23-38)39-24-12-4-13-25-39/h2-31,50H,32-35H2,1H3,(H2,49,56)(H,51,57)(H2,52,53,54). The molecule has 0 saturated carbocycles. The van der Waals surface area contributed by atoms with Gasteiger partial charge in [0.05, 0.1) is 17.8 Å². The third kappa shape index (κ3) is 8.33. The second-order valence-electron chi connectivity index (χ2n) is 13.9. The minimum Gasteiger partial charge on any atom is -0.448 e. The Morgan fingerprint density at radius 1 is 0.603 bits per heavy atom. The maximum Gasteiger partial charge on any atom is 0.404 e. The highest BCUT2D eigenvalue weighted by Gasteiger charge is 2.39. The van der Waals surface area contributed by atoms with Gasteiger partial charge in [-0.25, -0.2) is 9.59 Å². The van der Waals surface area contributed by atoms with Crippen LogP contribution in [0.25, 0.3) is 0 Å². The lowest BCUT2D eigenvalue weighted by Gasteiger charge is -2.38. The minimum atomic E-state index is -0.911. The van der Waals surface area contributed by atoms with E-state index in [-0.39, 0.29) is 19.7 Å². The van der Waals surface area contributed by atoms with Crippen molar-refractivity contribution in [2.45, 2.75) is 18.0 Å². The van der Waals surface area contributed by atoms with Crippen LogP contribution in [-0.4, -0.2) is 53.5 Å². The molecule has 0 spiro atoms. The van der Waals surface area contributed by atoms with Crippen molar-refractivity contribution in [1.82, 2.24) is 20.4 Å². The molecule has 0 radical (unpaired) electrons. The van der Waals surface area contributed by atoms with Crippen LogP contribution in [0.3, 0.4) is 0 Å². The second kappa shape index (κ2) is 18.2. The van der Waals surface area contributed by atoms with Gasteiger partial charge >= 0.3 is 12.1 Å². The van der Waals surface area contributed by atoms with Gasteiger partial charge in [-0.1, -0.05) is 182 Å². The van der Waals surface area contributed by atoms with Gasteiger partial charge in [0, 0.05) is 13.1 Å². The number of aryl methyl sites for hydroxylation is 1. The number of nitrogens with two attached hydrogens (primary N) is 1. The molecule has 292 valence electrons. The van der Waals surface area contributed by atoms with Gasteiger partial charge in [-0.15, -0.1) is 0 Å². The van der Waals surface area contributed by atoms with Crippen LogP contribution in [0.15, 0.2) is 182 Å². The topological polar surface area (TPSA) is 137 Å². The van der Waals surface area contributed by atoms with Crippen LogP contribution in [0.2, 0.25) is 0 Å². The molecule has 1 heterocycles. The molecule has 6 N–H and O–H groups in total. The van der Waals surface area contributed by atoms with Crippen LogP contribution in [0.4, 0.5) is 21.1 Å². The number of amides is 3. The van der Waals surface area contributed by atoms with Crippen molar-refractivity contribution < 1.29 is 14.3 Å². The maximum atomic E-state index is 14.5. The Hall–Kier alpha value is -7.17. The molecule has 3 amide bonds. The number of H-pyrrole nitrogens is 1. The number of nitrogens with one attached hydrogen (secondary N) is 4. The Balaban J connectivity index is 1.21. The number of anilines is 2. The summed E-state index contributed by atoms with van der Waals surface area (Å²) in [5.74, 6) is 0.449. The molecule has 0 fully saturated rings. The van der Waals surface area contributed by atoms with Crippen molar-refractivity contribution in [3.05, 3.63) is 221 Å². The zero-order valence-corrected chi connectivity index (χ0v) is 32.3. The highest BCUT2D eigenvalue weighted by Crippen LogP contribution is 2.42. The van der Waals surface area contributed by atoms with Gasteiger partial charge in [0.15, 0.2) is 5.82 Å². The molecule has 0 unspecified atom stereocenters. The molecular weight excluding hydrogens is 723 g/mol. The van der Waals surface area contributed by atoms with E-state index in [9.17, 15) is 9.59 Å². The Kier molecular flexibility index (Phi) is 12.3. The zero-order chi connectivity index (χ0) is 40.2. The average molecular weight is 770 g/mol.